The summed E-state index contributed by atoms with van der Waals surface area (Å²) in [6.07, 6.45) is -1.69. The number of fused-ring (bicyclic) bond motifs is 2. The van der Waals surface area contributed by atoms with Gasteiger partial charge in [0.05, 0.1) is 16.5 Å². The monoisotopic (exact) mass is 388 g/mol. The quantitative estimate of drug-likeness (QED) is 0.689. The number of H-pyrrole nitrogens is 1. The third-order valence-corrected chi connectivity index (χ3v) is 5.29. The lowest BCUT2D eigenvalue weighted by Crippen LogP contribution is -2.44. The predicted octanol–water partition coefficient (Wildman–Crippen LogP) is 3.78. The summed E-state index contributed by atoms with van der Waals surface area (Å²) in [5, 5.41) is 7.64. The number of hydrogen-bond acceptors (Lipinski definition) is 4. The third kappa shape index (κ3) is 2.50. The van der Waals surface area contributed by atoms with E-state index in [9.17, 15) is 18.0 Å². The molecule has 1 aromatic carbocycles. The second-order valence-electron chi connectivity index (χ2n) is 6.91. The fraction of sp³-hybridized carbons (Fsp3) is 0.316. The van der Waals surface area contributed by atoms with Gasteiger partial charge in [-0.2, -0.15) is 18.3 Å². The van der Waals surface area contributed by atoms with Gasteiger partial charge in [0.15, 0.2) is 0 Å². The van der Waals surface area contributed by atoms with Gasteiger partial charge in [0, 0.05) is 36.6 Å². The van der Waals surface area contributed by atoms with Gasteiger partial charge in [0.25, 0.3) is 5.91 Å². The van der Waals surface area contributed by atoms with Crippen molar-refractivity contribution in [3.63, 3.8) is 0 Å². The number of hydrogen-bond donors (Lipinski definition) is 1. The van der Waals surface area contributed by atoms with Crippen LogP contribution in [0.5, 0.6) is 0 Å². The Bertz CT molecular complexity index is 1090. The summed E-state index contributed by atoms with van der Waals surface area (Å²) in [4.78, 5) is 19.4. The first-order valence-corrected chi connectivity index (χ1v) is 8.91. The smallest absolute Gasteiger partial charge is 0.381 e. The van der Waals surface area contributed by atoms with Crippen molar-refractivity contribution < 1.29 is 22.7 Å². The molecule has 1 N–H and O–H groups in total. The summed E-state index contributed by atoms with van der Waals surface area (Å²) in [6.45, 7) is 1.03. The zero-order chi connectivity index (χ0) is 19.5. The van der Waals surface area contributed by atoms with Crippen LogP contribution >= 0.6 is 0 Å². The number of anilines is 1. The normalized spacial score (nSPS) is 17.7. The van der Waals surface area contributed by atoms with Crippen LogP contribution in [-0.4, -0.2) is 40.3 Å². The highest BCUT2D eigenvalue weighted by atomic mass is 19.4. The fourth-order valence-corrected chi connectivity index (χ4v) is 3.94. The maximum absolute atomic E-state index is 13.4. The minimum atomic E-state index is -4.52. The molecule has 2 aliphatic heterocycles. The highest BCUT2D eigenvalue weighted by Gasteiger charge is 2.38. The van der Waals surface area contributed by atoms with E-state index in [1.807, 2.05) is 0 Å². The Kier molecular flexibility index (Phi) is 3.70. The molecule has 0 spiro atoms. The Hall–Kier alpha value is -2.94. The van der Waals surface area contributed by atoms with Gasteiger partial charge in [0.2, 0.25) is 0 Å². The van der Waals surface area contributed by atoms with Crippen LogP contribution < -0.4 is 4.90 Å². The summed E-state index contributed by atoms with van der Waals surface area (Å²) in [7, 11) is 0. The number of amides is 1. The van der Waals surface area contributed by atoms with Crippen LogP contribution in [0.1, 0.15) is 28.8 Å². The summed E-state index contributed by atoms with van der Waals surface area (Å²) in [6, 6.07) is 4.72. The van der Waals surface area contributed by atoms with Gasteiger partial charge >= 0.3 is 6.18 Å². The van der Waals surface area contributed by atoms with Crippen LogP contribution in [0.25, 0.3) is 22.2 Å². The Labute approximate surface area is 157 Å². The maximum atomic E-state index is 13.4. The van der Waals surface area contributed by atoms with E-state index in [2.05, 4.69) is 15.2 Å². The van der Waals surface area contributed by atoms with Crippen molar-refractivity contribution in [2.45, 2.75) is 25.1 Å². The molecule has 0 atom stereocenters. The molecule has 28 heavy (non-hydrogen) atoms. The van der Waals surface area contributed by atoms with Gasteiger partial charge in [-0.1, -0.05) is 0 Å². The number of aromatic amines is 1. The highest BCUT2D eigenvalue weighted by Crippen LogP contribution is 2.42. The van der Waals surface area contributed by atoms with Gasteiger partial charge in [-0.15, -0.1) is 0 Å². The van der Waals surface area contributed by atoms with E-state index in [-0.39, 0.29) is 23.1 Å². The molecule has 1 amide bonds. The molecule has 5 rings (SSSR count). The topological polar surface area (TPSA) is 71.1 Å². The van der Waals surface area contributed by atoms with Gasteiger partial charge in [0.1, 0.15) is 11.5 Å². The van der Waals surface area contributed by atoms with Crippen LogP contribution in [0.2, 0.25) is 0 Å². The molecule has 9 heteroatoms. The number of nitrogens with one attached hydrogen (secondary N) is 1. The molecule has 6 nitrogen and oxygen atoms in total. The summed E-state index contributed by atoms with van der Waals surface area (Å²) in [5.41, 5.74) is 0.457. The lowest BCUT2D eigenvalue weighted by molar-refractivity contribution is -0.137. The van der Waals surface area contributed by atoms with Gasteiger partial charge in [-0.05, 0) is 37.1 Å². The second kappa shape index (κ2) is 6.03. The number of alkyl halides is 3. The van der Waals surface area contributed by atoms with Crippen molar-refractivity contribution in [3.05, 3.63) is 41.6 Å². The molecule has 1 saturated heterocycles. The van der Waals surface area contributed by atoms with Crippen molar-refractivity contribution in [2.24, 2.45) is 0 Å². The number of rotatable bonds is 1. The number of carbonyl (C=O) groups excluding carboxylic acids is 1. The van der Waals surface area contributed by atoms with E-state index >= 15 is 0 Å². The number of nitrogens with zero attached hydrogens (tertiary/aromatic N) is 3. The molecule has 1 fully saturated rings. The van der Waals surface area contributed by atoms with E-state index in [0.29, 0.717) is 48.5 Å². The Morgan fingerprint density at radius 2 is 1.93 bits per heavy atom. The first-order chi connectivity index (χ1) is 13.4. The van der Waals surface area contributed by atoms with E-state index < -0.39 is 11.7 Å². The summed E-state index contributed by atoms with van der Waals surface area (Å²) in [5.74, 6) is 0.0523. The van der Waals surface area contributed by atoms with Crippen LogP contribution in [0.3, 0.4) is 0 Å². The largest absolute Gasteiger partial charge is 0.416 e. The molecule has 2 aromatic heterocycles. The number of aromatic nitrogens is 3. The van der Waals surface area contributed by atoms with Crippen molar-refractivity contribution in [1.29, 1.82) is 0 Å². The zero-order valence-electron chi connectivity index (χ0n) is 14.6. The van der Waals surface area contributed by atoms with E-state index in [0.717, 1.165) is 12.1 Å². The Morgan fingerprint density at radius 3 is 2.68 bits per heavy atom. The second-order valence-corrected chi connectivity index (χ2v) is 6.91. The number of halogens is 3. The van der Waals surface area contributed by atoms with Gasteiger partial charge < -0.3 is 4.74 Å². The van der Waals surface area contributed by atoms with Crippen molar-refractivity contribution in [3.8, 4) is 11.3 Å². The molecule has 144 valence electrons. The Balaban J connectivity index is 1.79. The zero-order valence-corrected chi connectivity index (χ0v) is 14.6. The van der Waals surface area contributed by atoms with Crippen molar-refractivity contribution in [2.75, 3.05) is 18.1 Å². The Morgan fingerprint density at radius 1 is 1.14 bits per heavy atom. The molecule has 4 heterocycles. The number of ether oxygens (including phenoxy) is 1. The highest BCUT2D eigenvalue weighted by molar-refractivity contribution is 6.19. The van der Waals surface area contributed by atoms with Crippen LogP contribution in [0.15, 0.2) is 30.5 Å². The van der Waals surface area contributed by atoms with Crippen molar-refractivity contribution in [1.82, 2.24) is 15.2 Å². The molecule has 0 unspecified atom stereocenters. The average Bonchev–Trinajstić information content (AvgIpc) is 3.08. The van der Waals surface area contributed by atoms with Crippen LogP contribution in [0, 0.1) is 0 Å². The minimum absolute atomic E-state index is 0.143. The molecule has 0 radical (unpaired) electrons. The fourth-order valence-electron chi connectivity index (χ4n) is 3.94. The summed E-state index contributed by atoms with van der Waals surface area (Å²) < 4.78 is 45.3. The van der Waals surface area contributed by atoms with Crippen LogP contribution in [0.4, 0.5) is 19.0 Å². The number of pyridine rings is 1. The molecular weight excluding hydrogens is 373 g/mol. The first kappa shape index (κ1) is 17.2. The lowest BCUT2D eigenvalue weighted by Gasteiger charge is -2.33. The van der Waals surface area contributed by atoms with Gasteiger partial charge in [-0.3, -0.25) is 14.8 Å². The molecule has 2 aliphatic rings. The SMILES string of the molecule is O=C1c2ccc(C(F)(F)F)cc2-c2n[nH]c3ccnc(c23)N1C1CCOCC1. The predicted molar refractivity (Wildman–Crippen MR) is 95.0 cm³/mol. The van der Waals surface area contributed by atoms with Gasteiger partial charge in [-0.25, -0.2) is 4.98 Å². The average molecular weight is 388 g/mol. The lowest BCUT2D eigenvalue weighted by atomic mass is 9.99. The standard InChI is InChI=1S/C19H15F3N4O2/c20-19(21,22)10-1-2-12-13(9-10)16-15-14(24-25-16)3-6-23-17(15)26(18(12)27)11-4-7-28-8-5-11/h1-3,6,9,11H,4-5,7-8H2,(H,24,25). The van der Waals surface area contributed by atoms with E-state index in [1.165, 1.54) is 6.07 Å². The summed E-state index contributed by atoms with van der Waals surface area (Å²) >= 11 is 0. The molecule has 0 aliphatic carbocycles. The molecular formula is C19H15F3N4O2. The number of benzene rings is 1. The van der Waals surface area contributed by atoms with E-state index in [1.54, 1.807) is 17.2 Å². The first-order valence-electron chi connectivity index (χ1n) is 8.91. The molecule has 3 aromatic rings. The van der Waals surface area contributed by atoms with E-state index in [4.69, 9.17) is 4.74 Å². The number of carbonyl (C=O) groups is 1. The molecule has 0 saturated carbocycles. The third-order valence-electron chi connectivity index (χ3n) is 5.29. The van der Waals surface area contributed by atoms with Crippen molar-refractivity contribution >= 4 is 22.6 Å². The van der Waals surface area contributed by atoms with Crippen LogP contribution in [-0.2, 0) is 10.9 Å². The molecule has 0 bridgehead atoms. The maximum Gasteiger partial charge on any atom is 0.416 e. The minimum Gasteiger partial charge on any atom is -0.381 e.